The maximum Gasteiger partial charge on any atom is 0.411 e. The molecule has 3 N–H and O–H groups in total. The molecule has 6 heteroatoms. The van der Waals surface area contributed by atoms with Crippen LogP contribution >= 0.6 is 0 Å². The van der Waals surface area contributed by atoms with Crippen molar-refractivity contribution in [3.63, 3.8) is 0 Å². The molecule has 0 atom stereocenters. The molecule has 2 aromatic rings. The third-order valence-electron chi connectivity index (χ3n) is 2.51. The Balaban J connectivity index is 2.10. The largest absolute Gasteiger partial charge is 0.465 e. The third kappa shape index (κ3) is 3.12. The van der Waals surface area contributed by atoms with Crippen molar-refractivity contribution in [2.45, 2.75) is 0 Å². The van der Waals surface area contributed by atoms with Gasteiger partial charge < -0.3 is 15.6 Å². The minimum Gasteiger partial charge on any atom is -0.465 e. The molecule has 1 aromatic carbocycles. The molecule has 0 bridgehead atoms. The molecule has 0 aliphatic rings. The van der Waals surface area contributed by atoms with Crippen molar-refractivity contribution in [1.29, 1.82) is 0 Å². The number of rotatable bonds is 3. The minimum atomic E-state index is -1.02. The first-order valence-corrected chi connectivity index (χ1v) is 5.52. The molecular weight excluding hydrogens is 246 g/mol. The topological polar surface area (TPSA) is 88.7 Å². The van der Waals surface area contributed by atoms with Gasteiger partial charge in [-0.15, -0.1) is 0 Å². The van der Waals surface area contributed by atoms with Crippen molar-refractivity contribution < 1.29 is 14.6 Å². The molecule has 98 valence electrons. The summed E-state index contributed by atoms with van der Waals surface area (Å²) in [7, 11) is 1.47. The van der Waals surface area contributed by atoms with E-state index in [0.717, 1.165) is 4.90 Å². The van der Waals surface area contributed by atoms with Crippen LogP contribution in [0.2, 0.25) is 0 Å². The van der Waals surface area contributed by atoms with Gasteiger partial charge in [-0.2, -0.15) is 0 Å². The first-order valence-electron chi connectivity index (χ1n) is 5.52. The number of ether oxygens (including phenoxy) is 1. The van der Waals surface area contributed by atoms with Gasteiger partial charge in [0.1, 0.15) is 17.3 Å². The molecule has 1 heterocycles. The summed E-state index contributed by atoms with van der Waals surface area (Å²) in [6.45, 7) is 0. The highest BCUT2D eigenvalue weighted by Crippen LogP contribution is 2.23. The fourth-order valence-electron chi connectivity index (χ4n) is 1.44. The van der Waals surface area contributed by atoms with Crippen molar-refractivity contribution in [2.24, 2.45) is 0 Å². The fraction of sp³-hybridized carbons (Fsp3) is 0.0769. The predicted molar refractivity (Wildman–Crippen MR) is 71.6 cm³/mol. The average molecular weight is 259 g/mol. The maximum absolute atomic E-state index is 10.8. The van der Waals surface area contributed by atoms with E-state index in [1.807, 2.05) is 0 Å². The number of carbonyl (C=O) groups is 1. The summed E-state index contributed by atoms with van der Waals surface area (Å²) in [4.78, 5) is 15.8. The van der Waals surface area contributed by atoms with Crippen LogP contribution in [0.5, 0.6) is 11.5 Å². The van der Waals surface area contributed by atoms with Gasteiger partial charge in [0.15, 0.2) is 0 Å². The van der Waals surface area contributed by atoms with Gasteiger partial charge >= 0.3 is 6.09 Å². The molecule has 0 saturated carbocycles. The highest BCUT2D eigenvalue weighted by Gasteiger charge is 2.08. The second-order valence-electron chi connectivity index (χ2n) is 3.86. The summed E-state index contributed by atoms with van der Waals surface area (Å²) in [5.74, 6) is 1.58. The number of benzene rings is 1. The van der Waals surface area contributed by atoms with Gasteiger partial charge in [0.05, 0.1) is 6.20 Å². The summed E-state index contributed by atoms with van der Waals surface area (Å²) in [6.07, 6.45) is 0.503. The van der Waals surface area contributed by atoms with Crippen LogP contribution < -0.4 is 15.4 Å². The van der Waals surface area contributed by atoms with Crippen molar-refractivity contribution in [2.75, 3.05) is 17.7 Å². The number of pyridine rings is 1. The van der Waals surface area contributed by atoms with Crippen LogP contribution in [0.3, 0.4) is 0 Å². The molecular formula is C13H13N3O3. The van der Waals surface area contributed by atoms with Gasteiger partial charge in [-0.1, -0.05) is 0 Å². The van der Waals surface area contributed by atoms with E-state index in [-0.39, 0.29) is 0 Å². The van der Waals surface area contributed by atoms with Crippen molar-refractivity contribution in [3.05, 3.63) is 42.6 Å². The van der Waals surface area contributed by atoms with Gasteiger partial charge in [0.25, 0.3) is 0 Å². The van der Waals surface area contributed by atoms with Crippen LogP contribution in [0.15, 0.2) is 42.6 Å². The van der Waals surface area contributed by atoms with E-state index in [0.29, 0.717) is 23.0 Å². The van der Waals surface area contributed by atoms with Crippen LogP contribution in [0.4, 0.5) is 16.3 Å². The quantitative estimate of drug-likeness (QED) is 0.884. The zero-order valence-corrected chi connectivity index (χ0v) is 10.3. The van der Waals surface area contributed by atoms with Gasteiger partial charge in [-0.05, 0) is 36.4 Å². The molecule has 0 unspecified atom stereocenters. The second-order valence-corrected chi connectivity index (χ2v) is 3.86. The molecule has 19 heavy (non-hydrogen) atoms. The molecule has 0 fully saturated rings. The number of nitrogen functional groups attached to an aromatic ring is 1. The van der Waals surface area contributed by atoms with E-state index in [4.69, 9.17) is 15.6 Å². The molecule has 0 radical (unpaired) electrons. The second kappa shape index (κ2) is 5.26. The van der Waals surface area contributed by atoms with Crippen molar-refractivity contribution in [1.82, 2.24) is 4.98 Å². The molecule has 1 aromatic heterocycles. The van der Waals surface area contributed by atoms with Gasteiger partial charge in [0, 0.05) is 12.7 Å². The zero-order chi connectivity index (χ0) is 13.8. The lowest BCUT2D eigenvalue weighted by atomic mass is 10.3. The smallest absolute Gasteiger partial charge is 0.411 e. The zero-order valence-electron chi connectivity index (χ0n) is 10.3. The molecule has 1 amide bonds. The Morgan fingerprint density at radius 1 is 1.21 bits per heavy atom. The standard InChI is InChI=1S/C13H13N3O3/c1-16(13(17)18)9-2-4-10(5-3-9)19-11-6-7-12(14)15-8-11/h2-8H,1H3,(H2,14,15)(H,17,18). The van der Waals surface area contributed by atoms with Gasteiger partial charge in [0.2, 0.25) is 0 Å². The Labute approximate surface area is 110 Å². The average Bonchev–Trinajstić information content (AvgIpc) is 2.41. The van der Waals surface area contributed by atoms with E-state index < -0.39 is 6.09 Å². The molecule has 2 rings (SSSR count). The number of hydrogen-bond donors (Lipinski definition) is 2. The fourth-order valence-corrected chi connectivity index (χ4v) is 1.44. The number of anilines is 2. The van der Waals surface area contributed by atoms with E-state index in [9.17, 15) is 4.79 Å². The molecule has 0 spiro atoms. The minimum absolute atomic E-state index is 0.422. The Kier molecular flexibility index (Phi) is 3.51. The maximum atomic E-state index is 10.8. The summed E-state index contributed by atoms with van der Waals surface area (Å²) >= 11 is 0. The predicted octanol–water partition coefficient (Wildman–Crippen LogP) is 2.57. The third-order valence-corrected chi connectivity index (χ3v) is 2.51. The van der Waals surface area contributed by atoms with E-state index >= 15 is 0 Å². The number of nitrogens with zero attached hydrogens (tertiary/aromatic N) is 2. The Bertz CT molecular complexity index is 567. The number of aromatic nitrogens is 1. The lowest BCUT2D eigenvalue weighted by Gasteiger charge is -2.13. The highest BCUT2D eigenvalue weighted by atomic mass is 16.5. The summed E-state index contributed by atoms with van der Waals surface area (Å²) in [5.41, 5.74) is 6.04. The SMILES string of the molecule is CN(C(=O)O)c1ccc(Oc2ccc(N)nc2)cc1. The van der Waals surface area contributed by atoms with E-state index in [1.165, 1.54) is 13.2 Å². The van der Waals surface area contributed by atoms with Crippen molar-refractivity contribution >= 4 is 17.6 Å². The van der Waals surface area contributed by atoms with Gasteiger partial charge in [-0.3, -0.25) is 4.90 Å². The summed E-state index contributed by atoms with van der Waals surface area (Å²) in [5, 5.41) is 8.84. The number of nitrogens with two attached hydrogens (primary N) is 1. The molecule has 0 saturated heterocycles. The van der Waals surface area contributed by atoms with Crippen molar-refractivity contribution in [3.8, 4) is 11.5 Å². The van der Waals surface area contributed by atoms with Crippen LogP contribution in [0, 0.1) is 0 Å². The summed E-state index contributed by atoms with van der Waals surface area (Å²) in [6, 6.07) is 10.0. The number of carboxylic acid groups (broad SMARTS) is 1. The number of hydrogen-bond acceptors (Lipinski definition) is 4. The highest BCUT2D eigenvalue weighted by molar-refractivity contribution is 5.85. The Morgan fingerprint density at radius 3 is 2.37 bits per heavy atom. The van der Waals surface area contributed by atoms with Crippen LogP contribution in [-0.4, -0.2) is 23.2 Å². The first kappa shape index (κ1) is 12.7. The lowest BCUT2D eigenvalue weighted by molar-refractivity contribution is 0.203. The molecule has 6 nitrogen and oxygen atoms in total. The first-order chi connectivity index (χ1) is 9.06. The Morgan fingerprint density at radius 2 is 1.84 bits per heavy atom. The van der Waals surface area contributed by atoms with Crippen LogP contribution in [0.25, 0.3) is 0 Å². The van der Waals surface area contributed by atoms with Gasteiger partial charge in [-0.25, -0.2) is 9.78 Å². The van der Waals surface area contributed by atoms with Crippen LogP contribution in [-0.2, 0) is 0 Å². The monoisotopic (exact) mass is 259 g/mol. The Hall–Kier alpha value is -2.76. The number of amides is 1. The normalized spacial score (nSPS) is 9.95. The molecule has 0 aliphatic heterocycles. The molecule has 0 aliphatic carbocycles. The lowest BCUT2D eigenvalue weighted by Crippen LogP contribution is -2.23. The summed E-state index contributed by atoms with van der Waals surface area (Å²) < 4.78 is 5.54. The van der Waals surface area contributed by atoms with Crippen LogP contribution in [0.1, 0.15) is 0 Å². The van der Waals surface area contributed by atoms with E-state index in [2.05, 4.69) is 4.98 Å². The van der Waals surface area contributed by atoms with E-state index in [1.54, 1.807) is 36.4 Å².